The third-order valence-electron chi connectivity index (χ3n) is 5.24. The lowest BCUT2D eigenvalue weighted by molar-refractivity contribution is 0.245. The second kappa shape index (κ2) is 6.03. The lowest BCUT2D eigenvalue weighted by Gasteiger charge is -2.38. The summed E-state index contributed by atoms with van der Waals surface area (Å²) in [5.41, 5.74) is 2.10. The van der Waals surface area contributed by atoms with Gasteiger partial charge in [-0.15, -0.1) is 0 Å². The van der Waals surface area contributed by atoms with Gasteiger partial charge in [-0.2, -0.15) is 4.99 Å². The first-order valence-corrected chi connectivity index (χ1v) is 8.06. The molecule has 0 radical (unpaired) electrons. The Hall–Kier alpha value is -1.60. The molecule has 0 amide bonds. The van der Waals surface area contributed by atoms with Crippen molar-refractivity contribution in [1.29, 1.82) is 0 Å². The molecule has 1 aromatic rings. The SMILES string of the molecule is COc1ccc(C2CCCCC2)cc1C1(N=C=O)CCC1. The maximum absolute atomic E-state index is 10.8. The summed E-state index contributed by atoms with van der Waals surface area (Å²) in [6.45, 7) is 0. The summed E-state index contributed by atoms with van der Waals surface area (Å²) in [6, 6.07) is 6.49. The summed E-state index contributed by atoms with van der Waals surface area (Å²) in [6.07, 6.45) is 11.3. The molecule has 21 heavy (non-hydrogen) atoms. The van der Waals surface area contributed by atoms with Crippen molar-refractivity contribution in [3.8, 4) is 5.75 Å². The van der Waals surface area contributed by atoms with Gasteiger partial charge in [-0.25, -0.2) is 4.79 Å². The van der Waals surface area contributed by atoms with Gasteiger partial charge >= 0.3 is 0 Å². The van der Waals surface area contributed by atoms with Gasteiger partial charge in [0.2, 0.25) is 6.08 Å². The number of aliphatic imine (C=N–C) groups is 1. The maximum Gasteiger partial charge on any atom is 0.235 e. The number of methoxy groups -OCH3 is 1. The first-order chi connectivity index (χ1) is 10.3. The molecule has 0 atom stereocenters. The smallest absolute Gasteiger partial charge is 0.235 e. The normalized spacial score (nSPS) is 21.2. The Morgan fingerprint density at radius 3 is 2.52 bits per heavy atom. The Bertz CT molecular complexity index is 550. The first kappa shape index (κ1) is 14.3. The fourth-order valence-corrected chi connectivity index (χ4v) is 3.82. The van der Waals surface area contributed by atoms with Crippen LogP contribution < -0.4 is 4.74 Å². The van der Waals surface area contributed by atoms with Crippen LogP contribution in [0.1, 0.15) is 68.4 Å². The largest absolute Gasteiger partial charge is 0.496 e. The predicted molar refractivity (Wildman–Crippen MR) is 82.5 cm³/mol. The second-order valence-corrected chi connectivity index (χ2v) is 6.38. The maximum atomic E-state index is 10.8. The minimum Gasteiger partial charge on any atom is -0.496 e. The van der Waals surface area contributed by atoms with E-state index in [9.17, 15) is 4.79 Å². The number of hydrogen-bond donors (Lipinski definition) is 0. The van der Waals surface area contributed by atoms with Crippen molar-refractivity contribution >= 4 is 6.08 Å². The van der Waals surface area contributed by atoms with Gasteiger partial charge < -0.3 is 4.74 Å². The molecule has 3 nitrogen and oxygen atoms in total. The van der Waals surface area contributed by atoms with Crippen molar-refractivity contribution in [2.45, 2.75) is 62.8 Å². The van der Waals surface area contributed by atoms with E-state index in [2.05, 4.69) is 23.2 Å². The monoisotopic (exact) mass is 285 g/mol. The van der Waals surface area contributed by atoms with Crippen LogP contribution >= 0.6 is 0 Å². The van der Waals surface area contributed by atoms with Crippen LogP contribution in [-0.4, -0.2) is 13.2 Å². The van der Waals surface area contributed by atoms with E-state index < -0.39 is 0 Å². The van der Waals surface area contributed by atoms with Crippen LogP contribution in [0, 0.1) is 0 Å². The standard InChI is InChI=1S/C18H23NO2/c1-21-17-9-8-15(14-6-3-2-4-7-14)12-16(17)18(19-13-20)10-5-11-18/h8-9,12,14H,2-7,10-11H2,1H3. The lowest BCUT2D eigenvalue weighted by atomic mass is 9.71. The first-order valence-electron chi connectivity index (χ1n) is 8.06. The highest BCUT2D eigenvalue weighted by molar-refractivity contribution is 5.47. The van der Waals surface area contributed by atoms with Crippen LogP contribution in [0.25, 0.3) is 0 Å². The zero-order chi connectivity index (χ0) is 14.7. The van der Waals surface area contributed by atoms with E-state index in [1.165, 1.54) is 37.7 Å². The summed E-state index contributed by atoms with van der Waals surface area (Å²) in [5, 5.41) is 0. The number of nitrogens with zero attached hydrogens (tertiary/aromatic N) is 1. The lowest BCUT2D eigenvalue weighted by Crippen LogP contribution is -2.32. The van der Waals surface area contributed by atoms with Gasteiger partial charge in [0.15, 0.2) is 0 Å². The Labute approximate surface area is 126 Å². The van der Waals surface area contributed by atoms with Crippen LogP contribution in [0.15, 0.2) is 23.2 Å². The fourth-order valence-electron chi connectivity index (χ4n) is 3.82. The molecule has 0 aliphatic heterocycles. The molecule has 1 aromatic carbocycles. The van der Waals surface area contributed by atoms with Crippen molar-refractivity contribution in [1.82, 2.24) is 0 Å². The Morgan fingerprint density at radius 1 is 1.19 bits per heavy atom. The van der Waals surface area contributed by atoms with Crippen LogP contribution in [0.3, 0.4) is 0 Å². The predicted octanol–water partition coefficient (Wildman–Crippen LogP) is 4.46. The summed E-state index contributed by atoms with van der Waals surface area (Å²) >= 11 is 0. The van der Waals surface area contributed by atoms with E-state index in [-0.39, 0.29) is 5.54 Å². The number of hydrogen-bond acceptors (Lipinski definition) is 3. The van der Waals surface area contributed by atoms with Gasteiger partial charge in [-0.05, 0) is 55.7 Å². The molecule has 0 N–H and O–H groups in total. The van der Waals surface area contributed by atoms with E-state index in [1.807, 2.05) is 0 Å². The molecule has 0 heterocycles. The average Bonchev–Trinajstić information content (AvgIpc) is 2.51. The van der Waals surface area contributed by atoms with E-state index in [4.69, 9.17) is 4.74 Å². The van der Waals surface area contributed by atoms with Crippen molar-refractivity contribution in [2.24, 2.45) is 4.99 Å². The zero-order valence-corrected chi connectivity index (χ0v) is 12.7. The molecule has 2 fully saturated rings. The average molecular weight is 285 g/mol. The van der Waals surface area contributed by atoms with Crippen molar-refractivity contribution < 1.29 is 9.53 Å². The highest BCUT2D eigenvalue weighted by Crippen LogP contribution is 2.49. The quantitative estimate of drug-likeness (QED) is 0.605. The molecule has 0 saturated heterocycles. The summed E-state index contributed by atoms with van der Waals surface area (Å²) in [4.78, 5) is 15.0. The molecular weight excluding hydrogens is 262 g/mol. The number of rotatable bonds is 4. The molecule has 3 rings (SSSR count). The fraction of sp³-hybridized carbons (Fsp3) is 0.611. The van der Waals surface area contributed by atoms with Gasteiger partial charge in [0, 0.05) is 5.56 Å². The van der Waals surface area contributed by atoms with Crippen molar-refractivity contribution in [3.63, 3.8) is 0 Å². The summed E-state index contributed by atoms with van der Waals surface area (Å²) in [5.74, 6) is 1.51. The minimum absolute atomic E-state index is 0.377. The van der Waals surface area contributed by atoms with E-state index >= 15 is 0 Å². The molecule has 3 heteroatoms. The van der Waals surface area contributed by atoms with Crippen LogP contribution in [0.4, 0.5) is 0 Å². The Kier molecular flexibility index (Phi) is 4.12. The van der Waals surface area contributed by atoms with Gasteiger partial charge in [0.1, 0.15) is 11.3 Å². The van der Waals surface area contributed by atoms with Crippen molar-refractivity contribution in [2.75, 3.05) is 7.11 Å². The second-order valence-electron chi connectivity index (χ2n) is 6.38. The Morgan fingerprint density at radius 2 is 1.95 bits per heavy atom. The van der Waals surface area contributed by atoms with E-state index in [0.717, 1.165) is 30.6 Å². The van der Waals surface area contributed by atoms with Gasteiger partial charge in [-0.3, -0.25) is 0 Å². The molecule has 0 spiro atoms. The summed E-state index contributed by atoms with van der Waals surface area (Å²) < 4.78 is 5.53. The molecule has 2 saturated carbocycles. The topological polar surface area (TPSA) is 38.7 Å². The molecule has 2 aliphatic carbocycles. The molecule has 0 unspecified atom stereocenters. The highest BCUT2D eigenvalue weighted by Gasteiger charge is 2.41. The summed E-state index contributed by atoms with van der Waals surface area (Å²) in [7, 11) is 1.69. The molecule has 112 valence electrons. The van der Waals surface area contributed by atoms with Gasteiger partial charge in [0.25, 0.3) is 0 Å². The number of ether oxygens (including phenoxy) is 1. The van der Waals surface area contributed by atoms with Crippen LogP contribution in [0.5, 0.6) is 5.75 Å². The third kappa shape index (κ3) is 2.63. The molecule has 0 bridgehead atoms. The number of isocyanates is 1. The van der Waals surface area contributed by atoms with Crippen molar-refractivity contribution in [3.05, 3.63) is 29.3 Å². The Balaban J connectivity index is 1.99. The van der Waals surface area contributed by atoms with Crippen LogP contribution in [0.2, 0.25) is 0 Å². The van der Waals surface area contributed by atoms with Gasteiger partial charge in [0.05, 0.1) is 7.11 Å². The third-order valence-corrected chi connectivity index (χ3v) is 5.24. The number of carbonyl (C=O) groups excluding carboxylic acids is 1. The molecule has 2 aliphatic rings. The molecular formula is C18H23NO2. The van der Waals surface area contributed by atoms with E-state index in [1.54, 1.807) is 13.2 Å². The van der Waals surface area contributed by atoms with E-state index in [0.29, 0.717) is 5.92 Å². The van der Waals surface area contributed by atoms with Crippen LogP contribution in [-0.2, 0) is 10.3 Å². The number of benzene rings is 1. The molecule has 0 aromatic heterocycles. The minimum atomic E-state index is -0.377. The van der Waals surface area contributed by atoms with Gasteiger partial charge in [-0.1, -0.05) is 25.3 Å². The zero-order valence-electron chi connectivity index (χ0n) is 12.7. The highest BCUT2D eigenvalue weighted by atomic mass is 16.5.